The molecular weight excluding hydrogens is 272 g/mol. The first-order chi connectivity index (χ1) is 9.63. The minimum absolute atomic E-state index is 0.331. The van der Waals surface area contributed by atoms with Crippen molar-refractivity contribution in [1.82, 2.24) is 4.98 Å². The monoisotopic (exact) mass is 296 g/mol. The maximum absolute atomic E-state index is 6.02. The van der Waals surface area contributed by atoms with E-state index in [-0.39, 0.29) is 0 Å². The van der Waals surface area contributed by atoms with Gasteiger partial charge >= 0.3 is 0 Å². The van der Waals surface area contributed by atoms with Gasteiger partial charge in [-0.25, -0.2) is 4.98 Å². The van der Waals surface area contributed by atoms with Crippen molar-refractivity contribution in [3.63, 3.8) is 0 Å². The highest BCUT2D eigenvalue weighted by Crippen LogP contribution is 2.24. The average molecular weight is 297 g/mol. The number of halogens is 1. The molecular formula is C16H25ClN2O. The molecule has 20 heavy (non-hydrogen) atoms. The second kappa shape index (κ2) is 7.28. The van der Waals surface area contributed by atoms with Gasteiger partial charge in [0.05, 0.1) is 6.10 Å². The molecule has 1 aromatic heterocycles. The largest absolute Gasteiger partial charge is 0.377 e. The predicted octanol–water partition coefficient (Wildman–Crippen LogP) is 3.95. The number of ether oxygens (including phenoxy) is 1. The van der Waals surface area contributed by atoms with Gasteiger partial charge in [-0.15, -0.1) is 11.6 Å². The predicted molar refractivity (Wildman–Crippen MR) is 84.7 cm³/mol. The Morgan fingerprint density at radius 1 is 1.45 bits per heavy atom. The van der Waals surface area contributed by atoms with Crippen LogP contribution in [0.15, 0.2) is 12.1 Å². The summed E-state index contributed by atoms with van der Waals surface area (Å²) in [5.41, 5.74) is 2.27. The Morgan fingerprint density at radius 2 is 2.25 bits per heavy atom. The zero-order valence-electron chi connectivity index (χ0n) is 12.7. The number of alkyl halides is 1. The molecule has 1 saturated heterocycles. The lowest BCUT2D eigenvalue weighted by Gasteiger charge is -2.33. The van der Waals surface area contributed by atoms with E-state index in [2.05, 4.69) is 37.8 Å². The van der Waals surface area contributed by atoms with Crippen molar-refractivity contribution in [3.05, 3.63) is 23.4 Å². The van der Waals surface area contributed by atoms with E-state index in [1.807, 2.05) is 0 Å². The van der Waals surface area contributed by atoms with Crippen molar-refractivity contribution in [2.75, 3.05) is 24.6 Å². The fraction of sp³-hybridized carbons (Fsp3) is 0.688. The van der Waals surface area contributed by atoms with E-state index in [9.17, 15) is 0 Å². The second-order valence-electron chi connectivity index (χ2n) is 5.71. The summed E-state index contributed by atoms with van der Waals surface area (Å²) in [5.74, 6) is 2.01. The number of aromatic nitrogens is 1. The lowest BCUT2D eigenvalue weighted by atomic mass is 10.1. The summed E-state index contributed by atoms with van der Waals surface area (Å²) in [6.45, 7) is 9.17. The fourth-order valence-electron chi connectivity index (χ4n) is 2.65. The summed E-state index contributed by atoms with van der Waals surface area (Å²) in [6, 6.07) is 4.23. The quantitative estimate of drug-likeness (QED) is 0.769. The van der Waals surface area contributed by atoms with Gasteiger partial charge < -0.3 is 9.64 Å². The molecule has 3 nitrogen and oxygen atoms in total. The Bertz CT molecular complexity index is 434. The van der Waals surface area contributed by atoms with Gasteiger partial charge in [0, 0.05) is 31.3 Å². The molecule has 1 atom stereocenters. The van der Waals surface area contributed by atoms with Crippen molar-refractivity contribution in [1.29, 1.82) is 0 Å². The third kappa shape index (κ3) is 3.86. The van der Waals surface area contributed by atoms with Crippen molar-refractivity contribution < 1.29 is 4.74 Å². The Morgan fingerprint density at radius 3 is 2.90 bits per heavy atom. The van der Waals surface area contributed by atoms with Crippen LogP contribution in [-0.4, -0.2) is 30.8 Å². The average Bonchev–Trinajstić information content (AvgIpc) is 2.47. The molecule has 112 valence electrons. The number of hydrogen-bond donors (Lipinski definition) is 0. The maximum Gasteiger partial charge on any atom is 0.129 e. The Labute approximate surface area is 127 Å². The number of hydrogen-bond acceptors (Lipinski definition) is 3. The van der Waals surface area contributed by atoms with Gasteiger partial charge in [-0.05, 0) is 43.4 Å². The fourth-order valence-corrected chi connectivity index (χ4v) is 2.80. The zero-order valence-corrected chi connectivity index (χ0v) is 13.5. The van der Waals surface area contributed by atoms with Crippen molar-refractivity contribution >= 4 is 17.4 Å². The topological polar surface area (TPSA) is 25.4 Å². The number of anilines is 1. The minimum Gasteiger partial charge on any atom is -0.377 e. The van der Waals surface area contributed by atoms with Crippen molar-refractivity contribution in [2.24, 2.45) is 0 Å². The summed E-state index contributed by atoms with van der Waals surface area (Å²) in [4.78, 5) is 7.15. The van der Waals surface area contributed by atoms with Crippen LogP contribution in [0.2, 0.25) is 0 Å². The van der Waals surface area contributed by atoms with Gasteiger partial charge in [0.1, 0.15) is 5.82 Å². The molecule has 0 saturated carbocycles. The van der Waals surface area contributed by atoms with Crippen LogP contribution in [0, 0.1) is 0 Å². The van der Waals surface area contributed by atoms with Crippen molar-refractivity contribution in [2.45, 2.75) is 51.5 Å². The van der Waals surface area contributed by atoms with Crippen LogP contribution in [0.1, 0.15) is 50.8 Å². The van der Waals surface area contributed by atoms with Gasteiger partial charge in [-0.3, -0.25) is 0 Å². The van der Waals surface area contributed by atoms with E-state index in [4.69, 9.17) is 21.3 Å². The number of pyridine rings is 1. The van der Waals surface area contributed by atoms with Gasteiger partial charge in [0.25, 0.3) is 0 Å². The summed E-state index contributed by atoms with van der Waals surface area (Å²) < 4.78 is 5.77. The number of rotatable bonds is 5. The van der Waals surface area contributed by atoms with E-state index in [0.29, 0.717) is 17.9 Å². The van der Waals surface area contributed by atoms with Crippen LogP contribution in [-0.2, 0) is 10.6 Å². The van der Waals surface area contributed by atoms with Crippen molar-refractivity contribution in [3.8, 4) is 0 Å². The van der Waals surface area contributed by atoms with Crippen LogP contribution >= 0.6 is 11.6 Å². The van der Waals surface area contributed by atoms with E-state index >= 15 is 0 Å². The molecule has 0 aliphatic carbocycles. The molecule has 4 heteroatoms. The minimum atomic E-state index is 0.331. The van der Waals surface area contributed by atoms with Crippen LogP contribution in [0.25, 0.3) is 0 Å². The van der Waals surface area contributed by atoms with E-state index in [1.165, 1.54) is 0 Å². The Hall–Kier alpha value is -0.800. The van der Waals surface area contributed by atoms with Gasteiger partial charge in [-0.1, -0.05) is 13.8 Å². The maximum atomic E-state index is 6.02. The molecule has 1 aliphatic rings. The van der Waals surface area contributed by atoms with Gasteiger partial charge in [-0.2, -0.15) is 0 Å². The third-order valence-corrected chi connectivity index (χ3v) is 4.05. The number of piperidine rings is 1. The first kappa shape index (κ1) is 15.6. The van der Waals surface area contributed by atoms with E-state index in [0.717, 1.165) is 49.6 Å². The summed E-state index contributed by atoms with van der Waals surface area (Å²) in [7, 11) is 0. The normalized spacial score (nSPS) is 19.6. The highest BCUT2D eigenvalue weighted by molar-refractivity contribution is 6.17. The van der Waals surface area contributed by atoms with Crippen LogP contribution < -0.4 is 4.90 Å². The standard InChI is InChI=1S/C16H25ClN2O/c1-4-20-14-6-5-7-19(11-14)16-9-13(10-17)8-15(18-16)12(2)3/h8-9,12,14H,4-7,10-11H2,1-3H3. The molecule has 0 aromatic carbocycles. The first-order valence-electron chi connectivity index (χ1n) is 7.57. The molecule has 2 heterocycles. The summed E-state index contributed by atoms with van der Waals surface area (Å²) in [5, 5.41) is 0. The molecule has 1 fully saturated rings. The second-order valence-corrected chi connectivity index (χ2v) is 5.98. The highest BCUT2D eigenvalue weighted by atomic mass is 35.5. The Balaban J connectivity index is 2.20. The lowest BCUT2D eigenvalue weighted by Crippen LogP contribution is -2.40. The molecule has 0 N–H and O–H groups in total. The molecule has 0 amide bonds. The molecule has 0 bridgehead atoms. The molecule has 1 aromatic rings. The van der Waals surface area contributed by atoms with E-state index < -0.39 is 0 Å². The highest BCUT2D eigenvalue weighted by Gasteiger charge is 2.22. The summed E-state index contributed by atoms with van der Waals surface area (Å²) in [6.07, 6.45) is 2.64. The zero-order chi connectivity index (χ0) is 14.5. The van der Waals surface area contributed by atoms with Crippen LogP contribution in [0.5, 0.6) is 0 Å². The molecule has 0 spiro atoms. The summed E-state index contributed by atoms with van der Waals surface area (Å²) >= 11 is 6.02. The molecule has 1 unspecified atom stereocenters. The SMILES string of the molecule is CCOC1CCCN(c2cc(CCl)cc(C(C)C)n2)C1. The van der Waals surface area contributed by atoms with Crippen LogP contribution in [0.3, 0.4) is 0 Å². The van der Waals surface area contributed by atoms with E-state index in [1.54, 1.807) is 0 Å². The molecule has 1 aliphatic heterocycles. The van der Waals surface area contributed by atoms with Gasteiger partial charge in [0.2, 0.25) is 0 Å². The Kier molecular flexibility index (Phi) is 5.67. The smallest absolute Gasteiger partial charge is 0.129 e. The van der Waals surface area contributed by atoms with Crippen LogP contribution in [0.4, 0.5) is 5.82 Å². The first-order valence-corrected chi connectivity index (χ1v) is 8.10. The number of nitrogens with zero attached hydrogens (tertiary/aromatic N) is 2. The van der Waals surface area contributed by atoms with Gasteiger partial charge in [0.15, 0.2) is 0 Å². The lowest BCUT2D eigenvalue weighted by molar-refractivity contribution is 0.0525. The molecule has 2 rings (SSSR count). The third-order valence-electron chi connectivity index (χ3n) is 3.74. The molecule has 0 radical (unpaired) electrons.